The Kier molecular flexibility index (Phi) is 9.41. The molecule has 0 bridgehead atoms. The number of hydrogen-bond acceptors (Lipinski definition) is 4. The third-order valence-corrected chi connectivity index (χ3v) is 10.0. The van der Waals surface area contributed by atoms with Gasteiger partial charge in [-0.15, -0.1) is 0 Å². The largest absolute Gasteiger partial charge is 0.481 e. The van der Waals surface area contributed by atoms with E-state index in [-0.39, 0.29) is 17.9 Å². The topological polar surface area (TPSA) is 77.8 Å². The molecule has 1 amide bonds. The molecule has 2 aliphatic rings. The highest BCUT2D eigenvalue weighted by Gasteiger charge is 2.31. The van der Waals surface area contributed by atoms with Crippen LogP contribution in [0, 0.1) is 19.8 Å². The molecule has 1 saturated carbocycles. The van der Waals surface area contributed by atoms with Gasteiger partial charge in [-0.3, -0.25) is 9.59 Å². The smallest absolute Gasteiger partial charge is 0.306 e. The molecule has 240 valence electrons. The first-order valence-electron chi connectivity index (χ1n) is 16.4. The van der Waals surface area contributed by atoms with Crippen molar-refractivity contribution in [3.05, 3.63) is 94.6 Å². The van der Waals surface area contributed by atoms with Gasteiger partial charge < -0.3 is 24.8 Å². The average Bonchev–Trinajstić information content (AvgIpc) is 3.37. The highest BCUT2D eigenvalue weighted by molar-refractivity contribution is 6.30. The monoisotopic (exact) mass is 638 g/mol. The number of aliphatic carboxylic acids is 1. The van der Waals surface area contributed by atoms with Gasteiger partial charge in [0.1, 0.15) is 0 Å². The number of hydrogen-bond donors (Lipinski definition) is 2. The number of carboxylic acids is 1. The van der Waals surface area contributed by atoms with E-state index in [9.17, 15) is 14.7 Å². The lowest BCUT2D eigenvalue weighted by molar-refractivity contribution is -0.142. The van der Waals surface area contributed by atoms with Crippen LogP contribution in [0.25, 0.3) is 22.4 Å². The zero-order valence-electron chi connectivity index (χ0n) is 26.9. The SMILES string of the molecule is CCn1c(C)c(C(=O)NC2CCC(C(=O)O)CC2)c(-c2cccc(N3CCN(c4ccc(C)cc4)CC3)c2)c1-c1ccc(Cl)cc1. The van der Waals surface area contributed by atoms with Crippen molar-refractivity contribution < 1.29 is 14.7 Å². The van der Waals surface area contributed by atoms with Gasteiger partial charge in [0.05, 0.1) is 17.2 Å². The number of carboxylic acid groups (broad SMARTS) is 1. The third kappa shape index (κ3) is 6.52. The molecule has 0 spiro atoms. The van der Waals surface area contributed by atoms with E-state index in [1.54, 1.807) is 0 Å². The Balaban J connectivity index is 1.34. The Labute approximate surface area is 276 Å². The molecule has 7 nitrogen and oxygen atoms in total. The van der Waals surface area contributed by atoms with Crippen molar-refractivity contribution in [1.82, 2.24) is 9.88 Å². The number of nitrogens with zero attached hydrogens (tertiary/aromatic N) is 3. The molecule has 4 aromatic rings. The first kappa shape index (κ1) is 31.7. The molecule has 46 heavy (non-hydrogen) atoms. The zero-order valence-corrected chi connectivity index (χ0v) is 27.7. The van der Waals surface area contributed by atoms with Crippen LogP contribution in [-0.2, 0) is 11.3 Å². The summed E-state index contributed by atoms with van der Waals surface area (Å²) in [5.74, 6) is -1.18. The fourth-order valence-electron chi connectivity index (χ4n) is 7.18. The molecule has 2 fully saturated rings. The molecule has 1 saturated heterocycles. The van der Waals surface area contributed by atoms with E-state index < -0.39 is 5.97 Å². The lowest BCUT2D eigenvalue weighted by Crippen LogP contribution is -2.46. The molecule has 2 N–H and O–H groups in total. The second-order valence-electron chi connectivity index (χ2n) is 12.7. The number of rotatable bonds is 8. The minimum atomic E-state index is -0.744. The summed E-state index contributed by atoms with van der Waals surface area (Å²) in [7, 11) is 0. The van der Waals surface area contributed by atoms with Crippen LogP contribution in [0.3, 0.4) is 0 Å². The van der Waals surface area contributed by atoms with Gasteiger partial charge in [-0.2, -0.15) is 0 Å². The van der Waals surface area contributed by atoms with Crippen molar-refractivity contribution in [2.45, 2.75) is 59.0 Å². The quantitative estimate of drug-likeness (QED) is 0.206. The Morgan fingerprint density at radius 2 is 1.46 bits per heavy atom. The van der Waals surface area contributed by atoms with Crippen molar-refractivity contribution in [2.75, 3.05) is 36.0 Å². The molecule has 1 aliphatic carbocycles. The second-order valence-corrected chi connectivity index (χ2v) is 13.1. The maximum Gasteiger partial charge on any atom is 0.306 e. The van der Waals surface area contributed by atoms with Crippen LogP contribution in [0.2, 0.25) is 5.02 Å². The maximum absolute atomic E-state index is 14.2. The van der Waals surface area contributed by atoms with E-state index in [4.69, 9.17) is 11.6 Å². The normalized spacial score (nSPS) is 18.4. The Morgan fingerprint density at radius 3 is 2.07 bits per heavy atom. The Morgan fingerprint density at radius 1 is 0.826 bits per heavy atom. The van der Waals surface area contributed by atoms with Crippen LogP contribution in [0.1, 0.15) is 54.2 Å². The molecule has 0 atom stereocenters. The summed E-state index contributed by atoms with van der Waals surface area (Å²) in [5.41, 5.74) is 9.17. The van der Waals surface area contributed by atoms with Crippen LogP contribution >= 0.6 is 11.6 Å². The number of benzene rings is 3. The van der Waals surface area contributed by atoms with Crippen LogP contribution in [0.4, 0.5) is 11.4 Å². The average molecular weight is 639 g/mol. The van der Waals surface area contributed by atoms with Gasteiger partial charge >= 0.3 is 5.97 Å². The van der Waals surface area contributed by atoms with Gasteiger partial charge in [0.2, 0.25) is 0 Å². The summed E-state index contributed by atoms with van der Waals surface area (Å²) < 4.78 is 2.22. The van der Waals surface area contributed by atoms with Crippen molar-refractivity contribution in [1.29, 1.82) is 0 Å². The van der Waals surface area contributed by atoms with Crippen LogP contribution in [-0.4, -0.2) is 53.8 Å². The molecule has 0 radical (unpaired) electrons. The minimum Gasteiger partial charge on any atom is -0.481 e. The van der Waals surface area contributed by atoms with Crippen molar-refractivity contribution in [2.24, 2.45) is 5.92 Å². The Hall–Kier alpha value is -4.23. The lowest BCUT2D eigenvalue weighted by Gasteiger charge is -2.37. The summed E-state index contributed by atoms with van der Waals surface area (Å²) in [4.78, 5) is 30.6. The fraction of sp³-hybridized carbons (Fsp3) is 0.368. The van der Waals surface area contributed by atoms with Crippen LogP contribution < -0.4 is 15.1 Å². The van der Waals surface area contributed by atoms with Crippen LogP contribution in [0.5, 0.6) is 0 Å². The number of aromatic nitrogens is 1. The standard InChI is InChI=1S/C38H43ClN4O3/c1-4-43-26(3)34(37(44)40-31-16-12-28(13-17-31)38(45)46)35(36(43)27-10-14-30(39)15-11-27)29-6-5-7-33(24-29)42-22-20-41(21-23-42)32-18-8-25(2)9-19-32/h5-11,14-15,18-19,24,28,31H,4,12-13,16-17,20-23H2,1-3H3,(H,40,44)(H,45,46). The van der Waals surface area contributed by atoms with E-state index in [1.165, 1.54) is 11.3 Å². The molecule has 0 unspecified atom stereocenters. The maximum atomic E-state index is 14.2. The van der Waals surface area contributed by atoms with E-state index in [1.807, 2.05) is 31.2 Å². The van der Waals surface area contributed by atoms with Gasteiger partial charge in [-0.1, -0.05) is 53.6 Å². The van der Waals surface area contributed by atoms with Gasteiger partial charge in [-0.05, 0) is 94.0 Å². The van der Waals surface area contributed by atoms with Gasteiger partial charge in [0.15, 0.2) is 0 Å². The van der Waals surface area contributed by atoms with Crippen molar-refractivity contribution in [3.63, 3.8) is 0 Å². The first-order valence-corrected chi connectivity index (χ1v) is 16.8. The minimum absolute atomic E-state index is 0.0459. The zero-order chi connectivity index (χ0) is 32.4. The van der Waals surface area contributed by atoms with Crippen LogP contribution in [0.15, 0.2) is 72.8 Å². The van der Waals surface area contributed by atoms with E-state index in [0.29, 0.717) is 42.8 Å². The molecular formula is C38H43ClN4O3. The predicted molar refractivity (Wildman–Crippen MR) is 187 cm³/mol. The molecule has 3 aromatic carbocycles. The predicted octanol–water partition coefficient (Wildman–Crippen LogP) is 7.81. The molecule has 8 heteroatoms. The lowest BCUT2D eigenvalue weighted by atomic mass is 9.86. The summed E-state index contributed by atoms with van der Waals surface area (Å²) in [6.07, 6.45) is 2.49. The van der Waals surface area contributed by atoms with E-state index in [2.05, 4.69) is 82.1 Å². The molecule has 6 rings (SSSR count). The molecular weight excluding hydrogens is 596 g/mol. The second kappa shape index (κ2) is 13.6. The summed E-state index contributed by atoms with van der Waals surface area (Å²) >= 11 is 6.30. The number of anilines is 2. The number of nitrogens with one attached hydrogen (secondary N) is 1. The molecule has 2 heterocycles. The first-order chi connectivity index (χ1) is 22.2. The highest BCUT2D eigenvalue weighted by Crippen LogP contribution is 2.41. The molecule has 1 aromatic heterocycles. The van der Waals surface area contributed by atoms with Crippen molar-refractivity contribution >= 4 is 34.9 Å². The number of carbonyl (C=O) groups excluding carboxylic acids is 1. The van der Waals surface area contributed by atoms with Gasteiger partial charge in [0.25, 0.3) is 5.91 Å². The fourth-order valence-corrected chi connectivity index (χ4v) is 7.30. The number of amides is 1. The third-order valence-electron chi connectivity index (χ3n) is 9.77. The number of carbonyl (C=O) groups is 2. The summed E-state index contributed by atoms with van der Waals surface area (Å²) in [6.45, 7) is 10.6. The number of halogens is 1. The summed E-state index contributed by atoms with van der Waals surface area (Å²) in [6, 6.07) is 25.1. The van der Waals surface area contributed by atoms with Gasteiger partial charge in [0, 0.05) is 66.4 Å². The van der Waals surface area contributed by atoms with E-state index >= 15 is 0 Å². The van der Waals surface area contributed by atoms with Crippen molar-refractivity contribution in [3.8, 4) is 22.4 Å². The number of piperazine rings is 1. The Bertz CT molecular complexity index is 1700. The summed E-state index contributed by atoms with van der Waals surface area (Å²) in [5, 5.41) is 13.4. The number of aryl methyl sites for hydroxylation is 1. The highest BCUT2D eigenvalue weighted by atomic mass is 35.5. The molecule has 1 aliphatic heterocycles. The van der Waals surface area contributed by atoms with Gasteiger partial charge in [-0.25, -0.2) is 0 Å². The van der Waals surface area contributed by atoms with E-state index in [0.717, 1.165) is 59.9 Å².